The molecule has 0 spiro atoms. The molecule has 1 amide bonds. The van der Waals surface area contributed by atoms with E-state index in [0.717, 1.165) is 0 Å². The second kappa shape index (κ2) is 6.28. The van der Waals surface area contributed by atoms with Crippen molar-refractivity contribution in [2.75, 3.05) is 19.4 Å². The average molecular weight is 250 g/mol. The number of carbonyl (C=O) groups is 1. The quantitative estimate of drug-likeness (QED) is 0.788. The van der Waals surface area contributed by atoms with Crippen molar-refractivity contribution in [3.63, 3.8) is 0 Å². The fraction of sp³-hybridized carbons (Fsp3) is 0.500. The Bertz CT molecular complexity index is 416. The molecule has 18 heavy (non-hydrogen) atoms. The number of nitrogens with one attached hydrogen (secondary N) is 1. The van der Waals surface area contributed by atoms with E-state index in [4.69, 9.17) is 10.5 Å². The van der Waals surface area contributed by atoms with Gasteiger partial charge in [-0.1, -0.05) is 20.8 Å². The number of nitrogen functional groups attached to an aromatic ring is 1. The summed E-state index contributed by atoms with van der Waals surface area (Å²) >= 11 is 0. The number of hydrogen-bond acceptors (Lipinski definition) is 3. The van der Waals surface area contributed by atoms with Crippen LogP contribution in [0.4, 0.5) is 5.69 Å². The first-order valence-corrected chi connectivity index (χ1v) is 6.16. The van der Waals surface area contributed by atoms with Crippen LogP contribution in [0.25, 0.3) is 0 Å². The molecule has 0 saturated heterocycles. The van der Waals surface area contributed by atoms with Crippen LogP contribution in [0.15, 0.2) is 18.2 Å². The highest BCUT2D eigenvalue weighted by atomic mass is 16.5. The molecule has 4 heteroatoms. The zero-order chi connectivity index (χ0) is 13.7. The fourth-order valence-electron chi connectivity index (χ4n) is 1.46. The van der Waals surface area contributed by atoms with E-state index in [2.05, 4.69) is 26.1 Å². The van der Waals surface area contributed by atoms with Crippen molar-refractivity contribution in [1.29, 1.82) is 0 Å². The van der Waals surface area contributed by atoms with Crippen LogP contribution in [0, 0.1) is 11.8 Å². The van der Waals surface area contributed by atoms with Crippen molar-refractivity contribution < 1.29 is 9.53 Å². The van der Waals surface area contributed by atoms with Gasteiger partial charge in [0.25, 0.3) is 5.91 Å². The van der Waals surface area contributed by atoms with E-state index >= 15 is 0 Å². The molecule has 1 rings (SSSR count). The molecule has 1 atom stereocenters. The van der Waals surface area contributed by atoms with E-state index in [9.17, 15) is 4.79 Å². The number of anilines is 1. The van der Waals surface area contributed by atoms with Gasteiger partial charge >= 0.3 is 0 Å². The summed E-state index contributed by atoms with van der Waals surface area (Å²) in [6, 6.07) is 5.02. The van der Waals surface area contributed by atoms with Gasteiger partial charge in [-0.3, -0.25) is 4.79 Å². The van der Waals surface area contributed by atoms with Gasteiger partial charge in [0.15, 0.2) is 0 Å². The molecule has 1 aromatic carbocycles. The molecule has 0 fully saturated rings. The summed E-state index contributed by atoms with van der Waals surface area (Å²) in [4.78, 5) is 12.0. The molecule has 0 aromatic heterocycles. The van der Waals surface area contributed by atoms with Crippen LogP contribution >= 0.6 is 0 Å². The van der Waals surface area contributed by atoms with Crippen LogP contribution in [0.1, 0.15) is 31.1 Å². The van der Waals surface area contributed by atoms with Gasteiger partial charge in [0.05, 0.1) is 7.11 Å². The Morgan fingerprint density at radius 2 is 2.00 bits per heavy atom. The molecule has 4 nitrogen and oxygen atoms in total. The lowest BCUT2D eigenvalue weighted by atomic mass is 9.98. The minimum absolute atomic E-state index is 0.117. The molecule has 0 heterocycles. The minimum atomic E-state index is -0.117. The Morgan fingerprint density at radius 1 is 1.33 bits per heavy atom. The van der Waals surface area contributed by atoms with E-state index in [1.165, 1.54) is 0 Å². The monoisotopic (exact) mass is 250 g/mol. The Balaban J connectivity index is 2.69. The van der Waals surface area contributed by atoms with E-state index in [1.54, 1.807) is 25.3 Å². The average Bonchev–Trinajstić information content (AvgIpc) is 2.34. The summed E-state index contributed by atoms with van der Waals surface area (Å²) in [6.45, 7) is 7.05. The topological polar surface area (TPSA) is 64.3 Å². The number of carbonyl (C=O) groups excluding carboxylic acids is 1. The Morgan fingerprint density at radius 3 is 2.56 bits per heavy atom. The molecule has 1 aromatic rings. The first kappa shape index (κ1) is 14.4. The van der Waals surface area contributed by atoms with Gasteiger partial charge in [0, 0.05) is 23.9 Å². The molecule has 3 N–H and O–H groups in total. The van der Waals surface area contributed by atoms with Crippen LogP contribution < -0.4 is 15.8 Å². The molecular weight excluding hydrogens is 228 g/mol. The van der Waals surface area contributed by atoms with Gasteiger partial charge in [-0.05, 0) is 24.0 Å². The Kier molecular flexibility index (Phi) is 5.01. The van der Waals surface area contributed by atoms with Crippen LogP contribution in [-0.4, -0.2) is 19.6 Å². The summed E-state index contributed by atoms with van der Waals surface area (Å²) in [6.07, 6.45) is 0. The minimum Gasteiger partial charge on any atom is -0.497 e. The van der Waals surface area contributed by atoms with Gasteiger partial charge in [0.1, 0.15) is 5.75 Å². The number of hydrogen-bond donors (Lipinski definition) is 2. The smallest absolute Gasteiger partial charge is 0.251 e. The van der Waals surface area contributed by atoms with Gasteiger partial charge < -0.3 is 15.8 Å². The van der Waals surface area contributed by atoms with E-state index in [-0.39, 0.29) is 5.91 Å². The molecular formula is C14H22N2O2. The van der Waals surface area contributed by atoms with E-state index < -0.39 is 0 Å². The summed E-state index contributed by atoms with van der Waals surface area (Å²) < 4.78 is 5.09. The number of amides is 1. The first-order valence-electron chi connectivity index (χ1n) is 6.16. The first-order chi connectivity index (χ1) is 8.43. The van der Waals surface area contributed by atoms with Gasteiger partial charge in [-0.2, -0.15) is 0 Å². The molecule has 0 aliphatic carbocycles. The summed E-state index contributed by atoms with van der Waals surface area (Å²) in [5.41, 5.74) is 6.77. The lowest BCUT2D eigenvalue weighted by Crippen LogP contribution is -2.30. The predicted molar refractivity (Wildman–Crippen MR) is 73.7 cm³/mol. The molecule has 0 radical (unpaired) electrons. The SMILES string of the molecule is COc1cc(N)cc(C(=O)NCC(C)C(C)C)c1. The lowest BCUT2D eigenvalue weighted by Gasteiger charge is -2.16. The number of benzene rings is 1. The Labute approximate surface area is 109 Å². The van der Waals surface area contributed by atoms with Crippen LogP contribution in [0.5, 0.6) is 5.75 Å². The van der Waals surface area contributed by atoms with Gasteiger partial charge in [0.2, 0.25) is 0 Å². The maximum atomic E-state index is 12.0. The number of ether oxygens (including phenoxy) is 1. The summed E-state index contributed by atoms with van der Waals surface area (Å²) in [7, 11) is 1.55. The predicted octanol–water partition coefficient (Wildman–Crippen LogP) is 2.30. The zero-order valence-electron chi connectivity index (χ0n) is 11.5. The molecule has 0 aliphatic heterocycles. The standard InChI is InChI=1S/C14H22N2O2/c1-9(2)10(3)8-16-14(17)11-5-12(15)7-13(6-11)18-4/h5-7,9-10H,8,15H2,1-4H3,(H,16,17). The molecule has 0 saturated carbocycles. The molecule has 1 unspecified atom stereocenters. The number of methoxy groups -OCH3 is 1. The van der Waals surface area contributed by atoms with Crippen molar-refractivity contribution in [2.45, 2.75) is 20.8 Å². The van der Waals surface area contributed by atoms with Gasteiger partial charge in [-0.15, -0.1) is 0 Å². The summed E-state index contributed by atoms with van der Waals surface area (Å²) in [5.74, 6) is 1.46. The summed E-state index contributed by atoms with van der Waals surface area (Å²) in [5, 5.41) is 2.91. The molecule has 0 bridgehead atoms. The van der Waals surface area contributed by atoms with Crippen LogP contribution in [0.2, 0.25) is 0 Å². The maximum absolute atomic E-state index is 12.0. The fourth-order valence-corrected chi connectivity index (χ4v) is 1.46. The third-order valence-electron chi connectivity index (χ3n) is 3.15. The van der Waals surface area contributed by atoms with Crippen molar-refractivity contribution in [3.8, 4) is 5.75 Å². The Hall–Kier alpha value is -1.71. The lowest BCUT2D eigenvalue weighted by molar-refractivity contribution is 0.0944. The maximum Gasteiger partial charge on any atom is 0.251 e. The van der Waals surface area contributed by atoms with Crippen molar-refractivity contribution >= 4 is 11.6 Å². The molecule has 100 valence electrons. The third-order valence-corrected chi connectivity index (χ3v) is 3.15. The highest BCUT2D eigenvalue weighted by Crippen LogP contribution is 2.18. The van der Waals surface area contributed by atoms with Crippen LogP contribution in [-0.2, 0) is 0 Å². The van der Waals surface area contributed by atoms with Crippen molar-refractivity contribution in [2.24, 2.45) is 11.8 Å². The number of nitrogens with two attached hydrogens (primary N) is 1. The second-order valence-corrected chi connectivity index (χ2v) is 4.93. The largest absolute Gasteiger partial charge is 0.497 e. The normalized spacial score (nSPS) is 12.3. The number of rotatable bonds is 5. The second-order valence-electron chi connectivity index (χ2n) is 4.93. The van der Waals surface area contributed by atoms with Crippen molar-refractivity contribution in [3.05, 3.63) is 23.8 Å². The van der Waals surface area contributed by atoms with E-state index in [1.807, 2.05) is 0 Å². The highest BCUT2D eigenvalue weighted by Gasteiger charge is 2.11. The molecule has 0 aliphatic rings. The van der Waals surface area contributed by atoms with Gasteiger partial charge in [-0.25, -0.2) is 0 Å². The zero-order valence-corrected chi connectivity index (χ0v) is 11.5. The van der Waals surface area contributed by atoms with Crippen LogP contribution in [0.3, 0.4) is 0 Å². The van der Waals surface area contributed by atoms with E-state index in [0.29, 0.717) is 35.4 Å². The highest BCUT2D eigenvalue weighted by molar-refractivity contribution is 5.95. The van der Waals surface area contributed by atoms with Crippen molar-refractivity contribution in [1.82, 2.24) is 5.32 Å². The third kappa shape index (κ3) is 3.95.